The van der Waals surface area contributed by atoms with Crippen LogP contribution in [0, 0.1) is 0 Å². The van der Waals surface area contributed by atoms with E-state index in [4.69, 9.17) is 0 Å². The summed E-state index contributed by atoms with van der Waals surface area (Å²) in [4.78, 5) is 3.19. The summed E-state index contributed by atoms with van der Waals surface area (Å²) in [6.07, 6.45) is 12.2. The molecule has 0 nitrogen and oxygen atoms in total. The van der Waals surface area contributed by atoms with E-state index in [-0.39, 0.29) is 0 Å². The molecule has 2 aromatic heterocycles. The molecule has 0 radical (unpaired) electrons. The number of hydrogen-bond donors (Lipinski definition) is 0. The van der Waals surface area contributed by atoms with E-state index in [1.54, 1.807) is 9.75 Å². The van der Waals surface area contributed by atoms with Crippen molar-refractivity contribution in [1.82, 2.24) is 0 Å². The lowest BCUT2D eigenvalue weighted by molar-refractivity contribution is 0.632. The van der Waals surface area contributed by atoms with Gasteiger partial charge in [-0.25, -0.2) is 0 Å². The van der Waals surface area contributed by atoms with E-state index in [9.17, 15) is 0 Å². The molecule has 0 aliphatic carbocycles. The molecule has 118 valence electrons. The van der Waals surface area contributed by atoms with E-state index >= 15 is 0 Å². The molecule has 2 heteroatoms. The maximum atomic E-state index is 2.46. The predicted molar refractivity (Wildman–Crippen MR) is 100 cm³/mol. The Morgan fingerprint density at radius 1 is 0.857 bits per heavy atom. The Labute approximate surface area is 138 Å². The van der Waals surface area contributed by atoms with Crippen molar-refractivity contribution in [3.8, 4) is 0 Å². The second kappa shape index (κ2) is 8.95. The maximum Gasteiger partial charge on any atom is 0.0456 e. The van der Waals surface area contributed by atoms with E-state index in [0.29, 0.717) is 0 Å². The molecule has 0 saturated heterocycles. The number of rotatable bonds is 10. The molecule has 0 amide bonds. The first kappa shape index (κ1) is 17.0. The van der Waals surface area contributed by atoms with Crippen LogP contribution in [0.3, 0.4) is 0 Å². The van der Waals surface area contributed by atoms with Crippen molar-refractivity contribution in [2.45, 2.75) is 84.5 Å². The number of hydrogen-bond acceptors (Lipinski definition) is 2. The van der Waals surface area contributed by atoms with Gasteiger partial charge in [-0.2, -0.15) is 0 Å². The SMILES string of the molecule is CCCCCCCc1cc2sc(C(C)CCCC)cc2s1. The Kier molecular flexibility index (Phi) is 7.25. The molecular formula is C19H30S2. The predicted octanol–water partition coefficient (Wildman–Crippen LogP) is 7.77. The van der Waals surface area contributed by atoms with Gasteiger partial charge in [0.05, 0.1) is 0 Å². The zero-order valence-electron chi connectivity index (χ0n) is 13.9. The zero-order valence-corrected chi connectivity index (χ0v) is 15.5. The van der Waals surface area contributed by atoms with Crippen LogP contribution in [-0.4, -0.2) is 0 Å². The third kappa shape index (κ3) is 5.10. The lowest BCUT2D eigenvalue weighted by Gasteiger charge is -2.07. The van der Waals surface area contributed by atoms with Crippen molar-refractivity contribution >= 4 is 32.1 Å². The van der Waals surface area contributed by atoms with E-state index in [1.807, 2.05) is 22.7 Å². The number of aryl methyl sites for hydroxylation is 1. The maximum absolute atomic E-state index is 2.46. The monoisotopic (exact) mass is 322 g/mol. The molecule has 2 heterocycles. The molecule has 21 heavy (non-hydrogen) atoms. The van der Waals surface area contributed by atoms with E-state index in [2.05, 4.69) is 32.9 Å². The summed E-state index contributed by atoms with van der Waals surface area (Å²) in [5.74, 6) is 0.743. The summed E-state index contributed by atoms with van der Waals surface area (Å²) < 4.78 is 3.06. The number of unbranched alkanes of at least 4 members (excludes halogenated alkanes) is 5. The molecule has 0 spiro atoms. The summed E-state index contributed by atoms with van der Waals surface area (Å²) in [6.45, 7) is 6.96. The Morgan fingerprint density at radius 3 is 2.29 bits per heavy atom. The van der Waals surface area contributed by atoms with Gasteiger partial charge in [0.25, 0.3) is 0 Å². The minimum atomic E-state index is 0.743. The smallest absolute Gasteiger partial charge is 0.0456 e. The van der Waals surface area contributed by atoms with Crippen LogP contribution in [-0.2, 0) is 6.42 Å². The van der Waals surface area contributed by atoms with Crippen LogP contribution in [0.5, 0.6) is 0 Å². The molecule has 0 bridgehead atoms. The van der Waals surface area contributed by atoms with Crippen LogP contribution in [0.4, 0.5) is 0 Å². The molecule has 0 saturated carbocycles. The Morgan fingerprint density at radius 2 is 1.57 bits per heavy atom. The number of fused-ring (bicyclic) bond motifs is 1. The van der Waals surface area contributed by atoms with Crippen LogP contribution in [0.15, 0.2) is 12.1 Å². The summed E-state index contributed by atoms with van der Waals surface area (Å²) in [7, 11) is 0. The largest absolute Gasteiger partial charge is 0.139 e. The van der Waals surface area contributed by atoms with E-state index < -0.39 is 0 Å². The molecule has 2 rings (SSSR count). The Bertz CT molecular complexity index is 489. The van der Waals surface area contributed by atoms with Gasteiger partial charge < -0.3 is 0 Å². The van der Waals surface area contributed by atoms with Crippen molar-refractivity contribution in [1.29, 1.82) is 0 Å². The molecule has 1 unspecified atom stereocenters. The van der Waals surface area contributed by atoms with Gasteiger partial charge in [0.1, 0.15) is 0 Å². The summed E-state index contributed by atoms with van der Waals surface area (Å²) in [5.41, 5.74) is 0. The first-order valence-corrected chi connectivity index (χ1v) is 10.4. The van der Waals surface area contributed by atoms with E-state index in [0.717, 1.165) is 5.92 Å². The minimum absolute atomic E-state index is 0.743. The summed E-state index contributed by atoms with van der Waals surface area (Å²) in [6, 6.07) is 4.92. The van der Waals surface area contributed by atoms with Gasteiger partial charge in [0.15, 0.2) is 0 Å². The molecular weight excluding hydrogens is 292 g/mol. The highest BCUT2D eigenvalue weighted by Gasteiger charge is 2.11. The molecule has 0 aliphatic rings. The van der Waals surface area contributed by atoms with Crippen LogP contribution in [0.2, 0.25) is 0 Å². The quantitative estimate of drug-likeness (QED) is 0.392. The third-order valence-electron chi connectivity index (χ3n) is 4.28. The highest BCUT2D eigenvalue weighted by Crippen LogP contribution is 2.38. The minimum Gasteiger partial charge on any atom is -0.139 e. The molecule has 0 aliphatic heterocycles. The fourth-order valence-electron chi connectivity index (χ4n) is 2.83. The topological polar surface area (TPSA) is 0 Å². The van der Waals surface area contributed by atoms with Crippen LogP contribution in [0.25, 0.3) is 9.40 Å². The summed E-state index contributed by atoms with van der Waals surface area (Å²) >= 11 is 4.07. The first-order chi connectivity index (χ1) is 10.2. The van der Waals surface area contributed by atoms with Crippen LogP contribution >= 0.6 is 22.7 Å². The summed E-state index contributed by atoms with van der Waals surface area (Å²) in [5, 5.41) is 0. The first-order valence-electron chi connectivity index (χ1n) is 8.76. The fraction of sp³-hybridized carbons (Fsp3) is 0.684. The molecule has 2 aromatic rings. The molecule has 0 fully saturated rings. The van der Waals surface area contributed by atoms with Crippen LogP contribution < -0.4 is 0 Å². The molecule has 1 atom stereocenters. The van der Waals surface area contributed by atoms with Gasteiger partial charge in [0, 0.05) is 19.2 Å². The van der Waals surface area contributed by atoms with Gasteiger partial charge in [-0.1, -0.05) is 59.3 Å². The highest BCUT2D eigenvalue weighted by atomic mass is 32.1. The molecule has 0 N–H and O–H groups in total. The van der Waals surface area contributed by atoms with Gasteiger partial charge >= 0.3 is 0 Å². The third-order valence-corrected chi connectivity index (χ3v) is 6.86. The van der Waals surface area contributed by atoms with Gasteiger partial charge in [0.2, 0.25) is 0 Å². The Balaban J connectivity index is 1.86. The highest BCUT2D eigenvalue weighted by molar-refractivity contribution is 7.27. The second-order valence-corrected chi connectivity index (χ2v) is 8.58. The van der Waals surface area contributed by atoms with Gasteiger partial charge in [-0.3, -0.25) is 0 Å². The second-order valence-electron chi connectivity index (χ2n) is 6.30. The zero-order chi connectivity index (χ0) is 15.1. The van der Waals surface area contributed by atoms with E-state index in [1.165, 1.54) is 67.2 Å². The van der Waals surface area contributed by atoms with Crippen molar-refractivity contribution in [3.63, 3.8) is 0 Å². The average molecular weight is 323 g/mol. The fourth-order valence-corrected chi connectivity index (χ4v) is 5.39. The normalized spacial score (nSPS) is 13.1. The standard InChI is InChI=1S/C19H30S2/c1-4-6-8-9-10-12-16-13-18-19(20-16)14-17(21-18)15(3)11-7-5-2/h13-15H,4-12H2,1-3H3. The van der Waals surface area contributed by atoms with Crippen molar-refractivity contribution in [2.24, 2.45) is 0 Å². The lowest BCUT2D eigenvalue weighted by atomic mass is 10.0. The van der Waals surface area contributed by atoms with Crippen molar-refractivity contribution in [3.05, 3.63) is 21.9 Å². The van der Waals surface area contributed by atoms with Gasteiger partial charge in [-0.15, -0.1) is 22.7 Å². The number of thiophene rings is 2. The van der Waals surface area contributed by atoms with Crippen molar-refractivity contribution < 1.29 is 0 Å². The lowest BCUT2D eigenvalue weighted by Crippen LogP contribution is -1.88. The van der Waals surface area contributed by atoms with Crippen LogP contribution in [0.1, 0.15) is 87.8 Å². The van der Waals surface area contributed by atoms with Crippen molar-refractivity contribution in [2.75, 3.05) is 0 Å². The molecule has 0 aromatic carbocycles. The Hall–Kier alpha value is -0.340. The average Bonchev–Trinajstić information content (AvgIpc) is 3.02. The van der Waals surface area contributed by atoms with Gasteiger partial charge in [-0.05, 0) is 37.3 Å².